The number of hydrogen-bond acceptors (Lipinski definition) is 7. The van der Waals surface area contributed by atoms with Gasteiger partial charge in [0, 0.05) is 18.2 Å². The van der Waals surface area contributed by atoms with Gasteiger partial charge in [-0.25, -0.2) is 13.1 Å². The zero-order chi connectivity index (χ0) is 22.3. The van der Waals surface area contributed by atoms with Crippen LogP contribution < -0.4 is 10.0 Å². The highest BCUT2D eigenvalue weighted by molar-refractivity contribution is 7.89. The molecule has 10 heteroatoms. The van der Waals surface area contributed by atoms with E-state index in [2.05, 4.69) is 10.0 Å². The van der Waals surface area contributed by atoms with Crippen molar-refractivity contribution in [3.8, 4) is 0 Å². The molecule has 0 saturated heterocycles. The van der Waals surface area contributed by atoms with E-state index in [0.717, 1.165) is 0 Å². The number of nitrogens with one attached hydrogen (secondary N) is 2. The first kappa shape index (κ1) is 23.7. The van der Waals surface area contributed by atoms with Gasteiger partial charge in [0.15, 0.2) is 11.9 Å². The van der Waals surface area contributed by atoms with Gasteiger partial charge in [-0.3, -0.25) is 14.4 Å². The fourth-order valence-electron chi connectivity index (χ4n) is 2.43. The molecule has 0 unspecified atom stereocenters. The van der Waals surface area contributed by atoms with Crippen LogP contribution in [0.1, 0.15) is 43.3 Å². The average Bonchev–Trinajstić information content (AvgIpc) is 3.20. The lowest BCUT2D eigenvalue weighted by atomic mass is 10.2. The van der Waals surface area contributed by atoms with Crippen LogP contribution in [0.3, 0.4) is 0 Å². The first-order valence-electron chi connectivity index (χ1n) is 9.28. The maximum Gasteiger partial charge on any atom is 0.307 e. The lowest BCUT2D eigenvalue weighted by Crippen LogP contribution is -2.30. The highest BCUT2D eigenvalue weighted by Crippen LogP contribution is 2.16. The van der Waals surface area contributed by atoms with Gasteiger partial charge in [0.25, 0.3) is 5.91 Å². The van der Waals surface area contributed by atoms with Crippen LogP contribution in [0, 0.1) is 0 Å². The van der Waals surface area contributed by atoms with Crippen molar-refractivity contribution in [2.45, 2.75) is 50.7 Å². The van der Waals surface area contributed by atoms with E-state index in [1.54, 1.807) is 31.4 Å². The Balaban J connectivity index is 1.84. The number of thiophene rings is 1. The smallest absolute Gasteiger partial charge is 0.307 e. The van der Waals surface area contributed by atoms with Crippen molar-refractivity contribution in [3.05, 3.63) is 46.7 Å². The van der Waals surface area contributed by atoms with Gasteiger partial charge in [-0.15, -0.1) is 11.3 Å². The highest BCUT2D eigenvalue weighted by atomic mass is 32.2. The molecule has 0 radical (unpaired) electrons. The standard InChI is InChI=1S/C20H24N2O6S2/c1-13(2)22-30(26,27)16-8-6-15(7-9-16)21-20(25)14(3)28-19(24)11-10-17(23)18-5-4-12-29-18/h4-9,12-14,22H,10-11H2,1-3H3,(H,21,25)/t14-/m0/s1. The third-order valence-electron chi connectivity index (χ3n) is 3.85. The average molecular weight is 453 g/mol. The van der Waals surface area contributed by atoms with Crippen molar-refractivity contribution in [2.24, 2.45) is 0 Å². The molecule has 162 valence electrons. The van der Waals surface area contributed by atoms with Gasteiger partial charge in [-0.05, 0) is 56.5 Å². The van der Waals surface area contributed by atoms with Gasteiger partial charge in [0.05, 0.1) is 16.2 Å². The number of esters is 1. The molecule has 8 nitrogen and oxygen atoms in total. The summed E-state index contributed by atoms with van der Waals surface area (Å²) in [5.41, 5.74) is 0.360. The lowest BCUT2D eigenvalue weighted by Gasteiger charge is -2.14. The predicted octanol–water partition coefficient (Wildman–Crippen LogP) is 2.97. The number of ketones is 1. The van der Waals surface area contributed by atoms with E-state index < -0.39 is 28.0 Å². The molecule has 0 aliphatic heterocycles. The van der Waals surface area contributed by atoms with Gasteiger partial charge in [0.2, 0.25) is 10.0 Å². The van der Waals surface area contributed by atoms with Gasteiger partial charge in [-0.1, -0.05) is 6.07 Å². The number of hydrogen-bond donors (Lipinski definition) is 2. The van der Waals surface area contributed by atoms with E-state index in [1.807, 2.05) is 0 Å². The Morgan fingerprint density at radius 3 is 2.27 bits per heavy atom. The van der Waals surface area contributed by atoms with Crippen LogP contribution in [0.2, 0.25) is 0 Å². The number of carbonyl (C=O) groups is 3. The minimum absolute atomic E-state index is 0.00797. The van der Waals surface area contributed by atoms with Gasteiger partial charge >= 0.3 is 5.97 Å². The molecule has 2 N–H and O–H groups in total. The van der Waals surface area contributed by atoms with Crippen LogP contribution in [-0.4, -0.2) is 38.2 Å². The lowest BCUT2D eigenvalue weighted by molar-refractivity contribution is -0.153. The summed E-state index contributed by atoms with van der Waals surface area (Å²) in [5.74, 6) is -1.37. The Bertz CT molecular complexity index is 983. The van der Waals surface area contributed by atoms with Crippen molar-refractivity contribution in [1.82, 2.24) is 4.72 Å². The molecule has 0 bridgehead atoms. The van der Waals surface area contributed by atoms with Gasteiger partial charge < -0.3 is 10.1 Å². The van der Waals surface area contributed by atoms with Crippen LogP contribution in [-0.2, 0) is 24.3 Å². The number of sulfonamides is 1. The van der Waals surface area contributed by atoms with Gasteiger partial charge in [0.1, 0.15) is 0 Å². The quantitative estimate of drug-likeness (QED) is 0.423. The van der Waals surface area contributed by atoms with Crippen LogP contribution in [0.25, 0.3) is 0 Å². The summed E-state index contributed by atoms with van der Waals surface area (Å²) in [5, 5.41) is 4.34. The van der Waals surface area contributed by atoms with Crippen LogP contribution in [0.4, 0.5) is 5.69 Å². The molecule has 1 amide bonds. The summed E-state index contributed by atoms with van der Waals surface area (Å²) in [6, 6.07) is 8.82. The first-order chi connectivity index (χ1) is 14.1. The largest absolute Gasteiger partial charge is 0.453 e. The Hall–Kier alpha value is -2.56. The minimum atomic E-state index is -3.63. The van der Waals surface area contributed by atoms with E-state index in [1.165, 1.54) is 42.5 Å². The van der Waals surface area contributed by atoms with Crippen molar-refractivity contribution < 1.29 is 27.5 Å². The molecule has 1 aromatic carbocycles. The fourth-order valence-corrected chi connectivity index (χ4v) is 4.37. The fraction of sp³-hybridized carbons (Fsp3) is 0.350. The predicted molar refractivity (Wildman–Crippen MR) is 114 cm³/mol. The van der Waals surface area contributed by atoms with Crippen molar-refractivity contribution >= 4 is 44.7 Å². The second kappa shape index (κ2) is 10.5. The molecule has 0 aliphatic carbocycles. The summed E-state index contributed by atoms with van der Waals surface area (Å²) in [6.45, 7) is 4.85. The zero-order valence-corrected chi connectivity index (χ0v) is 18.5. The Morgan fingerprint density at radius 2 is 1.70 bits per heavy atom. The number of anilines is 1. The van der Waals surface area contributed by atoms with Crippen LogP contribution in [0.5, 0.6) is 0 Å². The van der Waals surface area contributed by atoms with E-state index in [-0.39, 0.29) is 29.6 Å². The third-order valence-corrected chi connectivity index (χ3v) is 6.44. The van der Waals surface area contributed by atoms with Crippen molar-refractivity contribution in [3.63, 3.8) is 0 Å². The maximum atomic E-state index is 12.2. The summed E-state index contributed by atoms with van der Waals surface area (Å²) in [4.78, 5) is 36.7. The second-order valence-electron chi connectivity index (χ2n) is 6.82. The summed E-state index contributed by atoms with van der Waals surface area (Å²) in [7, 11) is -3.63. The summed E-state index contributed by atoms with van der Waals surface area (Å²) >= 11 is 1.30. The topological polar surface area (TPSA) is 119 Å². The number of Topliss-reactive ketones (excluding diaryl/α,β-unsaturated/α-hetero) is 1. The monoisotopic (exact) mass is 452 g/mol. The second-order valence-corrected chi connectivity index (χ2v) is 9.48. The molecular weight excluding hydrogens is 428 g/mol. The van der Waals surface area contributed by atoms with E-state index in [4.69, 9.17) is 4.74 Å². The number of carbonyl (C=O) groups excluding carboxylic acids is 3. The number of benzene rings is 1. The van der Waals surface area contributed by atoms with Crippen molar-refractivity contribution in [1.29, 1.82) is 0 Å². The summed E-state index contributed by atoms with van der Waals surface area (Å²) < 4.78 is 31.8. The Kier molecular flexibility index (Phi) is 8.27. The molecule has 0 saturated carbocycles. The Morgan fingerprint density at radius 1 is 1.03 bits per heavy atom. The molecule has 0 fully saturated rings. The number of amides is 1. The molecule has 2 rings (SSSR count). The van der Waals surface area contributed by atoms with E-state index in [9.17, 15) is 22.8 Å². The zero-order valence-electron chi connectivity index (χ0n) is 16.9. The van der Waals surface area contributed by atoms with E-state index >= 15 is 0 Å². The maximum absolute atomic E-state index is 12.2. The highest BCUT2D eigenvalue weighted by Gasteiger charge is 2.20. The summed E-state index contributed by atoms with van der Waals surface area (Å²) in [6.07, 6.45) is -1.18. The SMILES string of the molecule is CC(C)NS(=O)(=O)c1ccc(NC(=O)[C@H](C)OC(=O)CCC(=O)c2cccs2)cc1. The van der Waals surface area contributed by atoms with E-state index in [0.29, 0.717) is 10.6 Å². The molecule has 0 aliphatic rings. The Labute approximate surface area is 179 Å². The molecule has 30 heavy (non-hydrogen) atoms. The molecular formula is C20H24N2O6S2. The molecule has 2 aromatic rings. The first-order valence-corrected chi connectivity index (χ1v) is 11.6. The van der Waals surface area contributed by atoms with Crippen LogP contribution >= 0.6 is 11.3 Å². The third kappa shape index (κ3) is 7.05. The van der Waals surface area contributed by atoms with Gasteiger partial charge in [-0.2, -0.15) is 0 Å². The molecule has 1 atom stereocenters. The molecule has 0 spiro atoms. The van der Waals surface area contributed by atoms with Crippen molar-refractivity contribution in [2.75, 3.05) is 5.32 Å². The normalized spacial score (nSPS) is 12.4. The molecule has 1 aromatic heterocycles. The number of rotatable bonds is 10. The van der Waals surface area contributed by atoms with Crippen LogP contribution in [0.15, 0.2) is 46.7 Å². The minimum Gasteiger partial charge on any atom is -0.453 e. The molecule has 1 heterocycles. The number of ether oxygens (including phenoxy) is 1.